The fraction of sp³-hybridized carbons (Fsp3) is 0.250. The Morgan fingerprint density at radius 2 is 2.44 bits per heavy atom. The number of alkyl halides is 1. The van der Waals surface area contributed by atoms with Gasteiger partial charge in [0.25, 0.3) is 0 Å². The first-order chi connectivity index (χ1) is 4.18. The number of hydrogen-bond acceptors (Lipinski definition) is 3. The minimum atomic E-state index is -0.432. The second kappa shape index (κ2) is 2.45. The van der Waals surface area contributed by atoms with Crippen LogP contribution >= 0.6 is 23.2 Å². The van der Waals surface area contributed by atoms with Gasteiger partial charge in [-0.15, -0.1) is 0 Å². The number of aliphatic imine (C=N–C) groups is 1. The van der Waals surface area contributed by atoms with E-state index in [4.69, 9.17) is 28.9 Å². The highest BCUT2D eigenvalue weighted by atomic mass is 35.5. The maximum absolute atomic E-state index is 5.54. The standard InChI is InChI=1S/C4H5Cl2N3/c5-2-1-3(6)9-4(7)8-2/h1-2H,(H3,7,8,9). The predicted octanol–water partition coefficient (Wildman–Crippen LogP) is 0.549. The van der Waals surface area contributed by atoms with Crippen LogP contribution in [0, 0.1) is 0 Å². The zero-order valence-electron chi connectivity index (χ0n) is 4.44. The Kier molecular flexibility index (Phi) is 1.83. The molecule has 0 fully saturated rings. The Labute approximate surface area is 62.5 Å². The molecule has 9 heavy (non-hydrogen) atoms. The molecule has 5 heteroatoms. The molecule has 1 aliphatic rings. The molecule has 0 radical (unpaired) electrons. The van der Waals surface area contributed by atoms with E-state index in [0.717, 1.165) is 0 Å². The molecule has 0 aliphatic carbocycles. The Balaban J connectivity index is 2.69. The van der Waals surface area contributed by atoms with Crippen molar-refractivity contribution in [2.24, 2.45) is 10.7 Å². The lowest BCUT2D eigenvalue weighted by Gasteiger charge is -2.10. The topological polar surface area (TPSA) is 50.4 Å². The molecule has 0 bridgehead atoms. The number of nitrogens with one attached hydrogen (secondary N) is 1. The molecule has 0 spiro atoms. The summed E-state index contributed by atoms with van der Waals surface area (Å²) in [6.07, 6.45) is 1.56. The van der Waals surface area contributed by atoms with Crippen LogP contribution in [0.15, 0.2) is 16.2 Å². The molecule has 0 aromatic rings. The molecule has 0 aromatic heterocycles. The largest absolute Gasteiger partial charge is 0.370 e. The van der Waals surface area contributed by atoms with Crippen molar-refractivity contribution in [1.29, 1.82) is 0 Å². The van der Waals surface area contributed by atoms with E-state index in [0.29, 0.717) is 5.16 Å². The summed E-state index contributed by atoms with van der Waals surface area (Å²) in [6, 6.07) is 0. The third-order valence-corrected chi connectivity index (χ3v) is 1.24. The van der Waals surface area contributed by atoms with Gasteiger partial charge in [-0.3, -0.25) is 0 Å². The summed E-state index contributed by atoms with van der Waals surface area (Å²) in [6.45, 7) is 0. The van der Waals surface area contributed by atoms with Crippen LogP contribution in [0.4, 0.5) is 0 Å². The number of hydrogen-bond donors (Lipinski definition) is 2. The van der Waals surface area contributed by atoms with Crippen LogP contribution in [-0.4, -0.2) is 11.5 Å². The van der Waals surface area contributed by atoms with Crippen LogP contribution in [0.3, 0.4) is 0 Å². The molecule has 1 unspecified atom stereocenters. The van der Waals surface area contributed by atoms with Crippen molar-refractivity contribution in [1.82, 2.24) is 5.32 Å². The number of halogens is 2. The molecule has 0 aromatic carbocycles. The molecule has 0 amide bonds. The van der Waals surface area contributed by atoms with Crippen LogP contribution in [0.5, 0.6) is 0 Å². The molecule has 0 saturated heterocycles. The third-order valence-electron chi connectivity index (χ3n) is 0.794. The second-order valence-corrected chi connectivity index (χ2v) is 2.38. The van der Waals surface area contributed by atoms with Crippen LogP contribution in [-0.2, 0) is 0 Å². The summed E-state index contributed by atoms with van der Waals surface area (Å²) >= 11 is 11.0. The Morgan fingerprint density at radius 1 is 1.78 bits per heavy atom. The van der Waals surface area contributed by atoms with E-state index >= 15 is 0 Å². The summed E-state index contributed by atoms with van der Waals surface area (Å²) in [5.41, 5.74) is 4.81. The molecule has 1 atom stereocenters. The number of nitrogens with zero attached hydrogens (tertiary/aromatic N) is 1. The summed E-state index contributed by atoms with van der Waals surface area (Å²) in [5.74, 6) is 0.252. The summed E-state index contributed by atoms with van der Waals surface area (Å²) in [5, 5.41) is 3.00. The van der Waals surface area contributed by atoms with Gasteiger partial charge in [0.05, 0.1) is 0 Å². The van der Waals surface area contributed by atoms with Crippen LogP contribution in [0.2, 0.25) is 0 Å². The van der Waals surface area contributed by atoms with Gasteiger partial charge in [0.15, 0.2) is 5.96 Å². The Morgan fingerprint density at radius 3 is 2.89 bits per heavy atom. The lowest BCUT2D eigenvalue weighted by Crippen LogP contribution is -2.33. The lowest BCUT2D eigenvalue weighted by atomic mass is 10.5. The van der Waals surface area contributed by atoms with Crippen molar-refractivity contribution >= 4 is 29.2 Å². The second-order valence-electron chi connectivity index (χ2n) is 1.53. The fourth-order valence-corrected chi connectivity index (χ4v) is 0.999. The van der Waals surface area contributed by atoms with E-state index in [9.17, 15) is 0 Å². The van der Waals surface area contributed by atoms with E-state index in [1.165, 1.54) is 0 Å². The molecular formula is C4H5Cl2N3. The summed E-state index contributed by atoms with van der Waals surface area (Å²) in [7, 11) is 0. The maximum Gasteiger partial charge on any atom is 0.195 e. The van der Waals surface area contributed by atoms with Crippen molar-refractivity contribution in [2.75, 3.05) is 0 Å². The maximum atomic E-state index is 5.54. The monoisotopic (exact) mass is 165 g/mol. The van der Waals surface area contributed by atoms with E-state index in [1.807, 2.05) is 0 Å². The van der Waals surface area contributed by atoms with Gasteiger partial charge in [-0.1, -0.05) is 23.2 Å². The van der Waals surface area contributed by atoms with E-state index in [1.54, 1.807) is 6.08 Å². The molecular weight excluding hydrogens is 161 g/mol. The van der Waals surface area contributed by atoms with E-state index in [2.05, 4.69) is 10.3 Å². The summed E-state index contributed by atoms with van der Waals surface area (Å²) in [4.78, 5) is 3.72. The van der Waals surface area contributed by atoms with Gasteiger partial charge in [-0.05, 0) is 6.08 Å². The summed E-state index contributed by atoms with van der Waals surface area (Å²) < 4.78 is 0. The van der Waals surface area contributed by atoms with Crippen LogP contribution in [0.25, 0.3) is 0 Å². The van der Waals surface area contributed by atoms with Gasteiger partial charge in [-0.25, -0.2) is 4.99 Å². The minimum Gasteiger partial charge on any atom is -0.370 e. The van der Waals surface area contributed by atoms with Gasteiger partial charge in [0, 0.05) is 0 Å². The Hall–Kier alpha value is -0.410. The molecule has 0 saturated carbocycles. The molecule has 1 rings (SSSR count). The zero-order valence-corrected chi connectivity index (χ0v) is 5.95. The van der Waals surface area contributed by atoms with Gasteiger partial charge in [0.1, 0.15) is 10.7 Å². The first-order valence-corrected chi connectivity index (χ1v) is 3.11. The van der Waals surface area contributed by atoms with Crippen LogP contribution < -0.4 is 11.1 Å². The van der Waals surface area contributed by atoms with E-state index in [-0.39, 0.29) is 5.96 Å². The van der Waals surface area contributed by atoms with Crippen molar-refractivity contribution in [3.05, 3.63) is 11.2 Å². The SMILES string of the molecule is NC1=NC(Cl)C=C(Cl)N1. The predicted molar refractivity (Wildman–Crippen MR) is 38.3 cm³/mol. The van der Waals surface area contributed by atoms with Crippen molar-refractivity contribution < 1.29 is 0 Å². The number of nitrogens with two attached hydrogens (primary N) is 1. The smallest absolute Gasteiger partial charge is 0.195 e. The molecule has 1 aliphatic heterocycles. The van der Waals surface area contributed by atoms with Crippen molar-refractivity contribution in [3.63, 3.8) is 0 Å². The van der Waals surface area contributed by atoms with Gasteiger partial charge < -0.3 is 11.1 Å². The average Bonchev–Trinajstić information content (AvgIpc) is 1.59. The van der Waals surface area contributed by atoms with Crippen LogP contribution in [0.1, 0.15) is 0 Å². The zero-order chi connectivity index (χ0) is 6.85. The van der Waals surface area contributed by atoms with Crippen molar-refractivity contribution in [2.45, 2.75) is 5.50 Å². The van der Waals surface area contributed by atoms with Crippen molar-refractivity contribution in [3.8, 4) is 0 Å². The average molecular weight is 166 g/mol. The van der Waals surface area contributed by atoms with Gasteiger partial charge in [0.2, 0.25) is 0 Å². The molecule has 3 N–H and O–H groups in total. The first-order valence-electron chi connectivity index (χ1n) is 2.30. The van der Waals surface area contributed by atoms with Gasteiger partial charge in [-0.2, -0.15) is 0 Å². The number of rotatable bonds is 0. The Bertz CT molecular complexity index is 157. The van der Waals surface area contributed by atoms with E-state index < -0.39 is 5.50 Å². The number of guanidine groups is 1. The highest BCUT2D eigenvalue weighted by Gasteiger charge is 2.07. The molecule has 1 heterocycles. The fourth-order valence-electron chi connectivity index (χ4n) is 0.487. The molecule has 50 valence electrons. The van der Waals surface area contributed by atoms with Gasteiger partial charge >= 0.3 is 0 Å². The normalized spacial score (nSPS) is 26.2. The minimum absolute atomic E-state index is 0.252. The highest BCUT2D eigenvalue weighted by Crippen LogP contribution is 2.09. The molecule has 3 nitrogen and oxygen atoms in total. The quantitative estimate of drug-likeness (QED) is 0.407. The lowest BCUT2D eigenvalue weighted by molar-refractivity contribution is 1.01. The third kappa shape index (κ3) is 1.77. The first kappa shape index (κ1) is 6.71. The highest BCUT2D eigenvalue weighted by molar-refractivity contribution is 6.32.